The van der Waals surface area contributed by atoms with Gasteiger partial charge in [0, 0.05) is 41.6 Å². The maximum Gasteiger partial charge on any atom is 0.341 e. The first-order valence-electron chi connectivity index (χ1n) is 11.3. The number of fused-ring (bicyclic) bond motifs is 1. The standard InChI is InChI=1S/C24H28ClN3O4S/c1-2-32-24(31)21-18-8-4-9-19(18)33-22(21)26-20(29)15-27-10-5-11-28(13-12-27)23(30)16-6-3-7-17(25)14-16/h3,6-7,14H,2,4-5,8-13,15H2,1H3,(H,26,29). The number of hydrogen-bond acceptors (Lipinski definition) is 6. The highest BCUT2D eigenvalue weighted by Gasteiger charge is 2.29. The monoisotopic (exact) mass is 489 g/mol. The molecule has 2 amide bonds. The lowest BCUT2D eigenvalue weighted by atomic mass is 10.1. The van der Waals surface area contributed by atoms with Crippen molar-refractivity contribution in [3.8, 4) is 0 Å². The average molecular weight is 490 g/mol. The number of hydrogen-bond donors (Lipinski definition) is 1. The van der Waals surface area contributed by atoms with Gasteiger partial charge in [-0.2, -0.15) is 0 Å². The fourth-order valence-electron chi connectivity index (χ4n) is 4.42. The third-order valence-corrected chi connectivity index (χ3v) is 7.41. The minimum absolute atomic E-state index is 0.0454. The second-order valence-electron chi connectivity index (χ2n) is 8.26. The molecule has 1 aromatic heterocycles. The molecule has 0 spiro atoms. The molecule has 0 atom stereocenters. The SMILES string of the molecule is CCOC(=O)c1c(NC(=O)CN2CCCN(C(=O)c3cccc(Cl)c3)CC2)sc2c1CCC2. The van der Waals surface area contributed by atoms with Gasteiger partial charge < -0.3 is 15.0 Å². The lowest BCUT2D eigenvalue weighted by molar-refractivity contribution is -0.117. The fourth-order valence-corrected chi connectivity index (χ4v) is 5.90. The summed E-state index contributed by atoms with van der Waals surface area (Å²) in [7, 11) is 0. The number of ether oxygens (including phenoxy) is 1. The number of nitrogens with zero attached hydrogens (tertiary/aromatic N) is 2. The van der Waals surface area contributed by atoms with Crippen LogP contribution in [0.3, 0.4) is 0 Å². The van der Waals surface area contributed by atoms with E-state index in [9.17, 15) is 14.4 Å². The number of carbonyl (C=O) groups excluding carboxylic acids is 3. The summed E-state index contributed by atoms with van der Waals surface area (Å²) in [5, 5.41) is 4.09. The highest BCUT2D eigenvalue weighted by Crippen LogP contribution is 2.39. The van der Waals surface area contributed by atoms with Crippen molar-refractivity contribution in [1.82, 2.24) is 9.80 Å². The fraction of sp³-hybridized carbons (Fsp3) is 0.458. The summed E-state index contributed by atoms with van der Waals surface area (Å²) in [5.41, 5.74) is 2.13. The van der Waals surface area contributed by atoms with E-state index >= 15 is 0 Å². The summed E-state index contributed by atoms with van der Waals surface area (Å²) in [4.78, 5) is 43.2. The van der Waals surface area contributed by atoms with Crippen LogP contribution in [0.2, 0.25) is 5.02 Å². The van der Waals surface area contributed by atoms with Crippen LogP contribution in [0.25, 0.3) is 0 Å². The van der Waals surface area contributed by atoms with Gasteiger partial charge in [0.2, 0.25) is 5.91 Å². The largest absolute Gasteiger partial charge is 0.462 e. The predicted octanol–water partition coefficient (Wildman–Crippen LogP) is 3.85. The van der Waals surface area contributed by atoms with E-state index in [1.54, 1.807) is 31.2 Å². The zero-order valence-electron chi connectivity index (χ0n) is 18.7. The van der Waals surface area contributed by atoms with E-state index in [-0.39, 0.29) is 24.3 Å². The Kier molecular flexibility index (Phi) is 7.67. The van der Waals surface area contributed by atoms with Crippen LogP contribution in [0, 0.1) is 0 Å². The maximum absolute atomic E-state index is 12.8. The van der Waals surface area contributed by atoms with Crippen LogP contribution in [0.4, 0.5) is 5.00 Å². The Morgan fingerprint density at radius 2 is 1.97 bits per heavy atom. The number of halogens is 1. The third-order valence-electron chi connectivity index (χ3n) is 5.97. The van der Waals surface area contributed by atoms with Gasteiger partial charge in [0.05, 0.1) is 18.7 Å². The molecule has 33 heavy (non-hydrogen) atoms. The first kappa shape index (κ1) is 23.7. The Labute approximate surface area is 202 Å². The van der Waals surface area contributed by atoms with Gasteiger partial charge in [-0.1, -0.05) is 17.7 Å². The van der Waals surface area contributed by atoms with Crippen molar-refractivity contribution in [1.29, 1.82) is 0 Å². The maximum atomic E-state index is 12.8. The Bertz CT molecular complexity index is 1050. The zero-order valence-corrected chi connectivity index (χ0v) is 20.3. The van der Waals surface area contributed by atoms with Gasteiger partial charge in [0.25, 0.3) is 5.91 Å². The smallest absolute Gasteiger partial charge is 0.341 e. The lowest BCUT2D eigenvalue weighted by Gasteiger charge is -2.22. The van der Waals surface area contributed by atoms with Gasteiger partial charge in [-0.15, -0.1) is 11.3 Å². The van der Waals surface area contributed by atoms with Crippen molar-refractivity contribution in [2.24, 2.45) is 0 Å². The Balaban J connectivity index is 1.36. The summed E-state index contributed by atoms with van der Waals surface area (Å²) in [5.74, 6) is -0.566. The van der Waals surface area contributed by atoms with Gasteiger partial charge in [-0.25, -0.2) is 4.79 Å². The number of aryl methyl sites for hydroxylation is 1. The van der Waals surface area contributed by atoms with Gasteiger partial charge in [0.1, 0.15) is 5.00 Å². The number of carbonyl (C=O) groups is 3. The highest BCUT2D eigenvalue weighted by molar-refractivity contribution is 7.17. The molecular formula is C24H28ClN3O4S. The van der Waals surface area contributed by atoms with E-state index in [0.717, 1.165) is 37.8 Å². The molecule has 4 rings (SSSR count). The number of amides is 2. The minimum atomic E-state index is -0.364. The molecule has 7 nitrogen and oxygen atoms in total. The Hall–Kier alpha value is -2.42. The second-order valence-corrected chi connectivity index (χ2v) is 9.80. The molecule has 0 saturated carbocycles. The van der Waals surface area contributed by atoms with Crippen LogP contribution >= 0.6 is 22.9 Å². The van der Waals surface area contributed by atoms with Gasteiger partial charge >= 0.3 is 5.97 Å². The normalized spacial score (nSPS) is 16.2. The molecule has 1 aliphatic heterocycles. The van der Waals surface area contributed by atoms with E-state index in [0.29, 0.717) is 47.4 Å². The number of nitrogens with one attached hydrogen (secondary N) is 1. The number of anilines is 1. The third kappa shape index (κ3) is 5.57. The highest BCUT2D eigenvalue weighted by atomic mass is 35.5. The van der Waals surface area contributed by atoms with Gasteiger partial charge in [0.15, 0.2) is 0 Å². The number of esters is 1. The second kappa shape index (κ2) is 10.7. The molecule has 2 aromatic rings. The minimum Gasteiger partial charge on any atom is -0.462 e. The van der Waals surface area contributed by atoms with Crippen molar-refractivity contribution in [3.63, 3.8) is 0 Å². The molecule has 1 fully saturated rings. The van der Waals surface area contributed by atoms with Crippen LogP contribution < -0.4 is 5.32 Å². The number of benzene rings is 1. The van der Waals surface area contributed by atoms with Crippen LogP contribution in [0.15, 0.2) is 24.3 Å². The first-order valence-corrected chi connectivity index (χ1v) is 12.5. The van der Waals surface area contributed by atoms with Crippen LogP contribution in [0.5, 0.6) is 0 Å². The van der Waals surface area contributed by atoms with Crippen molar-refractivity contribution in [2.45, 2.75) is 32.6 Å². The lowest BCUT2D eigenvalue weighted by Crippen LogP contribution is -2.38. The van der Waals surface area contributed by atoms with Crippen LogP contribution in [-0.4, -0.2) is 66.9 Å². The molecule has 1 aromatic carbocycles. The van der Waals surface area contributed by atoms with Crippen molar-refractivity contribution in [2.75, 3.05) is 44.6 Å². The zero-order chi connectivity index (χ0) is 23.4. The van der Waals surface area contributed by atoms with Gasteiger partial charge in [-0.3, -0.25) is 14.5 Å². The van der Waals surface area contributed by atoms with Crippen LogP contribution in [-0.2, 0) is 22.4 Å². The number of rotatable bonds is 6. The predicted molar refractivity (Wildman–Crippen MR) is 129 cm³/mol. The summed E-state index contributed by atoms with van der Waals surface area (Å²) < 4.78 is 5.24. The molecule has 0 bridgehead atoms. The quantitative estimate of drug-likeness (QED) is 0.623. The van der Waals surface area contributed by atoms with E-state index < -0.39 is 0 Å². The van der Waals surface area contributed by atoms with E-state index in [1.165, 1.54) is 16.2 Å². The van der Waals surface area contributed by atoms with Crippen LogP contribution in [0.1, 0.15) is 50.9 Å². The summed E-state index contributed by atoms with van der Waals surface area (Å²) in [6, 6.07) is 6.97. The molecule has 1 N–H and O–H groups in total. The average Bonchev–Trinajstić information content (AvgIpc) is 3.27. The summed E-state index contributed by atoms with van der Waals surface area (Å²) in [6.45, 7) is 4.79. The van der Waals surface area contributed by atoms with E-state index in [4.69, 9.17) is 16.3 Å². The molecule has 2 aliphatic rings. The summed E-state index contributed by atoms with van der Waals surface area (Å²) in [6.07, 6.45) is 3.59. The molecule has 9 heteroatoms. The molecular weight excluding hydrogens is 462 g/mol. The summed E-state index contributed by atoms with van der Waals surface area (Å²) >= 11 is 7.51. The van der Waals surface area contributed by atoms with Crippen molar-refractivity contribution >= 4 is 45.7 Å². The molecule has 2 heterocycles. The topological polar surface area (TPSA) is 79.0 Å². The first-order chi connectivity index (χ1) is 16.0. The molecule has 1 saturated heterocycles. The molecule has 176 valence electrons. The van der Waals surface area contributed by atoms with E-state index in [2.05, 4.69) is 5.32 Å². The molecule has 0 radical (unpaired) electrons. The van der Waals surface area contributed by atoms with Crippen molar-refractivity contribution in [3.05, 3.63) is 50.9 Å². The van der Waals surface area contributed by atoms with Gasteiger partial charge in [-0.05, 0) is 56.4 Å². The molecule has 0 unspecified atom stereocenters. The number of thiophene rings is 1. The Morgan fingerprint density at radius 3 is 2.76 bits per heavy atom. The molecule has 1 aliphatic carbocycles. The van der Waals surface area contributed by atoms with E-state index in [1.807, 2.05) is 9.80 Å². The van der Waals surface area contributed by atoms with Crippen molar-refractivity contribution < 1.29 is 19.1 Å². The Morgan fingerprint density at radius 1 is 1.12 bits per heavy atom.